The van der Waals surface area contributed by atoms with Gasteiger partial charge >= 0.3 is 0 Å². The Balaban J connectivity index is 1.44. The van der Waals surface area contributed by atoms with Crippen LogP contribution in [-0.2, 0) is 16.0 Å². The van der Waals surface area contributed by atoms with Crippen LogP contribution in [0.15, 0.2) is 36.4 Å². The fourth-order valence-electron chi connectivity index (χ4n) is 4.60. The minimum Gasteiger partial charge on any atom is -0.494 e. The Morgan fingerprint density at radius 3 is 2.64 bits per heavy atom. The van der Waals surface area contributed by atoms with E-state index in [1.807, 2.05) is 25.1 Å². The number of benzene rings is 2. The van der Waals surface area contributed by atoms with Crippen LogP contribution in [0.4, 0.5) is 11.4 Å². The second kappa shape index (κ2) is 14.2. The highest BCUT2D eigenvalue weighted by molar-refractivity contribution is 6.34. The molecule has 196 valence electrons. The third-order valence-electron chi connectivity index (χ3n) is 6.81. The molecule has 0 atom stereocenters. The average molecular weight is 514 g/mol. The zero-order valence-electron chi connectivity index (χ0n) is 22.0. The molecular formula is C29H40ClN3O3. The number of carbonyl (C=O) groups excluding carboxylic acids is 2. The summed E-state index contributed by atoms with van der Waals surface area (Å²) in [6.07, 6.45) is 5.32. The molecule has 36 heavy (non-hydrogen) atoms. The standard InChI is InChI=1S/C29H40ClN3O3/c1-4-9-28(35)31(3)27-22-25(14-13-24(27)11-8-20-34)36-21-6-5-15-32-16-18-33(19-17-32)26-12-7-10-23(2)29(26)30/h7,10,12-14,20,22H,4-6,8-9,11,15-19,21H2,1-3H3. The van der Waals surface area contributed by atoms with E-state index >= 15 is 0 Å². The van der Waals surface area contributed by atoms with Gasteiger partial charge in [-0.05, 0) is 62.4 Å². The summed E-state index contributed by atoms with van der Waals surface area (Å²) in [6.45, 7) is 9.80. The Kier molecular flexibility index (Phi) is 11.1. The molecular weight excluding hydrogens is 474 g/mol. The van der Waals surface area contributed by atoms with Gasteiger partial charge in [0.05, 0.1) is 23.0 Å². The summed E-state index contributed by atoms with van der Waals surface area (Å²) < 4.78 is 6.04. The van der Waals surface area contributed by atoms with Crippen molar-refractivity contribution in [3.63, 3.8) is 0 Å². The molecule has 1 aliphatic heterocycles. The number of ether oxygens (including phenoxy) is 1. The van der Waals surface area contributed by atoms with E-state index in [-0.39, 0.29) is 5.91 Å². The highest BCUT2D eigenvalue weighted by Crippen LogP contribution is 2.30. The van der Waals surface area contributed by atoms with Crippen LogP contribution < -0.4 is 14.5 Å². The van der Waals surface area contributed by atoms with Gasteiger partial charge in [0.1, 0.15) is 12.0 Å². The number of piperazine rings is 1. The molecule has 0 unspecified atom stereocenters. The number of aryl methyl sites for hydroxylation is 2. The second-order valence-electron chi connectivity index (χ2n) is 9.49. The highest BCUT2D eigenvalue weighted by atomic mass is 35.5. The predicted octanol–water partition coefficient (Wildman–Crippen LogP) is 5.52. The normalized spacial score (nSPS) is 14.1. The number of halogens is 1. The Morgan fingerprint density at radius 2 is 1.92 bits per heavy atom. The molecule has 2 aromatic carbocycles. The Bertz CT molecular complexity index is 1010. The molecule has 0 bridgehead atoms. The quantitative estimate of drug-likeness (QED) is 0.260. The molecule has 1 amide bonds. The van der Waals surface area contributed by atoms with Crippen LogP contribution in [0.25, 0.3) is 0 Å². The topological polar surface area (TPSA) is 53.1 Å². The maximum atomic E-state index is 12.5. The van der Waals surface area contributed by atoms with Crippen LogP contribution in [0, 0.1) is 6.92 Å². The van der Waals surface area contributed by atoms with Gasteiger partial charge in [-0.25, -0.2) is 0 Å². The molecule has 0 spiro atoms. The summed E-state index contributed by atoms with van der Waals surface area (Å²) in [5.41, 5.74) is 4.09. The molecule has 2 aromatic rings. The lowest BCUT2D eigenvalue weighted by Gasteiger charge is -2.36. The molecule has 1 heterocycles. The van der Waals surface area contributed by atoms with Gasteiger partial charge in [-0.1, -0.05) is 36.7 Å². The number of hydrogen-bond acceptors (Lipinski definition) is 5. The van der Waals surface area contributed by atoms with Crippen molar-refractivity contribution < 1.29 is 14.3 Å². The maximum absolute atomic E-state index is 12.5. The van der Waals surface area contributed by atoms with E-state index in [0.717, 1.165) is 91.5 Å². The predicted molar refractivity (Wildman–Crippen MR) is 149 cm³/mol. The minimum absolute atomic E-state index is 0.0757. The molecule has 1 fully saturated rings. The van der Waals surface area contributed by atoms with Crippen LogP contribution >= 0.6 is 11.6 Å². The van der Waals surface area contributed by atoms with Crippen molar-refractivity contribution in [1.82, 2.24) is 4.90 Å². The van der Waals surface area contributed by atoms with Gasteiger partial charge in [0.15, 0.2) is 0 Å². The number of aldehydes is 1. The lowest BCUT2D eigenvalue weighted by atomic mass is 10.1. The zero-order chi connectivity index (χ0) is 25.9. The largest absolute Gasteiger partial charge is 0.494 e. The number of amides is 1. The van der Waals surface area contributed by atoms with Gasteiger partial charge in [0.25, 0.3) is 0 Å². The third kappa shape index (κ3) is 7.71. The van der Waals surface area contributed by atoms with E-state index in [1.54, 1.807) is 11.9 Å². The zero-order valence-corrected chi connectivity index (χ0v) is 22.7. The van der Waals surface area contributed by atoms with Crippen LogP contribution in [-0.4, -0.2) is 63.5 Å². The molecule has 3 rings (SSSR count). The van der Waals surface area contributed by atoms with Crippen molar-refractivity contribution in [3.8, 4) is 5.75 Å². The molecule has 0 radical (unpaired) electrons. The second-order valence-corrected chi connectivity index (χ2v) is 9.87. The first-order valence-corrected chi connectivity index (χ1v) is 13.5. The number of unbranched alkanes of at least 4 members (excludes halogenated alkanes) is 1. The van der Waals surface area contributed by atoms with Crippen LogP contribution in [0.1, 0.15) is 50.2 Å². The molecule has 1 saturated heterocycles. The molecule has 0 aromatic heterocycles. The maximum Gasteiger partial charge on any atom is 0.226 e. The fraction of sp³-hybridized carbons (Fsp3) is 0.517. The summed E-state index contributed by atoms with van der Waals surface area (Å²) in [4.78, 5) is 29.9. The average Bonchev–Trinajstić information content (AvgIpc) is 2.89. The molecule has 6 nitrogen and oxygen atoms in total. The van der Waals surface area contributed by atoms with Crippen LogP contribution in [0.5, 0.6) is 5.75 Å². The monoisotopic (exact) mass is 513 g/mol. The third-order valence-corrected chi connectivity index (χ3v) is 7.30. The first-order chi connectivity index (χ1) is 17.4. The lowest BCUT2D eigenvalue weighted by Crippen LogP contribution is -2.46. The van der Waals surface area contributed by atoms with E-state index in [0.29, 0.717) is 25.9 Å². The van der Waals surface area contributed by atoms with E-state index in [2.05, 4.69) is 34.9 Å². The van der Waals surface area contributed by atoms with Gasteiger partial charge in [0, 0.05) is 52.1 Å². The van der Waals surface area contributed by atoms with Crippen molar-refractivity contribution in [2.75, 3.05) is 56.2 Å². The number of carbonyl (C=O) groups is 2. The van der Waals surface area contributed by atoms with Gasteiger partial charge in [-0.3, -0.25) is 9.69 Å². The first kappa shape index (κ1) is 28.0. The smallest absolute Gasteiger partial charge is 0.226 e. The fourth-order valence-corrected chi connectivity index (χ4v) is 4.85. The van der Waals surface area contributed by atoms with Crippen molar-refractivity contribution >= 4 is 35.2 Å². The van der Waals surface area contributed by atoms with Crippen molar-refractivity contribution in [2.24, 2.45) is 0 Å². The first-order valence-electron chi connectivity index (χ1n) is 13.1. The van der Waals surface area contributed by atoms with Crippen LogP contribution in [0.3, 0.4) is 0 Å². The number of nitrogens with zero attached hydrogens (tertiary/aromatic N) is 3. The lowest BCUT2D eigenvalue weighted by molar-refractivity contribution is -0.118. The Hall–Kier alpha value is -2.57. The molecule has 7 heteroatoms. The SMILES string of the molecule is CCCC(=O)N(C)c1cc(OCCCCN2CCN(c3cccc(C)c3Cl)CC2)ccc1CCC=O. The highest BCUT2D eigenvalue weighted by Gasteiger charge is 2.19. The summed E-state index contributed by atoms with van der Waals surface area (Å²) in [6, 6.07) is 12.1. The van der Waals surface area contributed by atoms with Gasteiger partial charge in [-0.15, -0.1) is 0 Å². The summed E-state index contributed by atoms with van der Waals surface area (Å²) in [5.74, 6) is 0.839. The summed E-state index contributed by atoms with van der Waals surface area (Å²) in [5, 5.41) is 0.865. The molecule has 0 N–H and O–H groups in total. The van der Waals surface area contributed by atoms with Gasteiger partial charge < -0.3 is 19.3 Å². The van der Waals surface area contributed by atoms with Gasteiger partial charge in [-0.2, -0.15) is 0 Å². The van der Waals surface area contributed by atoms with Gasteiger partial charge in [0.2, 0.25) is 5.91 Å². The van der Waals surface area contributed by atoms with E-state index in [1.165, 1.54) is 0 Å². The summed E-state index contributed by atoms with van der Waals surface area (Å²) in [7, 11) is 1.80. The van der Waals surface area contributed by atoms with E-state index in [4.69, 9.17) is 16.3 Å². The van der Waals surface area contributed by atoms with Crippen molar-refractivity contribution in [1.29, 1.82) is 0 Å². The number of rotatable bonds is 13. The van der Waals surface area contributed by atoms with Crippen LogP contribution in [0.2, 0.25) is 5.02 Å². The molecule has 0 saturated carbocycles. The Morgan fingerprint density at radius 1 is 1.14 bits per heavy atom. The number of anilines is 2. The van der Waals surface area contributed by atoms with Crippen molar-refractivity contribution in [2.45, 2.75) is 52.4 Å². The number of hydrogen-bond donors (Lipinski definition) is 0. The van der Waals surface area contributed by atoms with E-state index < -0.39 is 0 Å². The molecule has 0 aliphatic carbocycles. The molecule has 1 aliphatic rings. The van der Waals surface area contributed by atoms with Crippen molar-refractivity contribution in [3.05, 3.63) is 52.5 Å². The minimum atomic E-state index is 0.0757. The Labute approximate surface area is 221 Å². The van der Waals surface area contributed by atoms with E-state index in [9.17, 15) is 9.59 Å². The summed E-state index contributed by atoms with van der Waals surface area (Å²) >= 11 is 6.52.